The summed E-state index contributed by atoms with van der Waals surface area (Å²) < 4.78 is 10.8. The summed E-state index contributed by atoms with van der Waals surface area (Å²) in [6.45, 7) is 1.60. The molecule has 0 unspecified atom stereocenters. The molecule has 0 spiro atoms. The maximum atomic E-state index is 5.62. The van der Waals surface area contributed by atoms with E-state index in [1.54, 1.807) is 7.11 Å². The molecular weight excluding hydrogens is 190 g/mol. The number of benzene rings is 1. The van der Waals surface area contributed by atoms with Crippen LogP contribution in [-0.4, -0.2) is 26.3 Å². The van der Waals surface area contributed by atoms with Gasteiger partial charge in [0.05, 0.1) is 7.11 Å². The van der Waals surface area contributed by atoms with Crippen molar-refractivity contribution in [1.29, 1.82) is 0 Å². The molecule has 82 valence electrons. The third-order valence-electron chi connectivity index (χ3n) is 2.44. The minimum atomic E-state index is 0.691. The third-order valence-corrected chi connectivity index (χ3v) is 2.44. The molecule has 1 fully saturated rings. The second-order valence-electron chi connectivity index (χ2n) is 3.73. The zero-order valence-corrected chi connectivity index (χ0v) is 9.03. The van der Waals surface area contributed by atoms with E-state index in [0.717, 1.165) is 24.1 Å². The fourth-order valence-electron chi connectivity index (χ4n) is 1.45. The van der Waals surface area contributed by atoms with Crippen molar-refractivity contribution in [3.63, 3.8) is 0 Å². The van der Waals surface area contributed by atoms with Crippen LogP contribution in [0.3, 0.4) is 0 Å². The van der Waals surface area contributed by atoms with Crippen LogP contribution >= 0.6 is 0 Å². The van der Waals surface area contributed by atoms with Crippen LogP contribution in [0.2, 0.25) is 0 Å². The predicted octanol–water partition coefficient (Wildman–Crippen LogP) is 1.83. The lowest BCUT2D eigenvalue weighted by Crippen LogP contribution is -2.22. The van der Waals surface area contributed by atoms with E-state index in [2.05, 4.69) is 5.32 Å². The Morgan fingerprint density at radius 2 is 2.00 bits per heavy atom. The highest BCUT2D eigenvalue weighted by molar-refractivity contribution is 5.39. The van der Waals surface area contributed by atoms with Gasteiger partial charge in [-0.3, -0.25) is 0 Å². The zero-order valence-electron chi connectivity index (χ0n) is 9.03. The summed E-state index contributed by atoms with van der Waals surface area (Å²) in [6.07, 6.45) is 2.63. The van der Waals surface area contributed by atoms with Gasteiger partial charge in [0.2, 0.25) is 0 Å². The Hall–Kier alpha value is -1.22. The van der Waals surface area contributed by atoms with Gasteiger partial charge in [0.15, 0.2) is 11.5 Å². The normalized spacial score (nSPS) is 15.0. The van der Waals surface area contributed by atoms with Crippen LogP contribution in [0.15, 0.2) is 24.3 Å². The number of rotatable bonds is 6. The van der Waals surface area contributed by atoms with Crippen molar-refractivity contribution in [2.24, 2.45) is 0 Å². The van der Waals surface area contributed by atoms with Crippen LogP contribution in [0.4, 0.5) is 0 Å². The number of ether oxygens (including phenoxy) is 2. The second-order valence-corrected chi connectivity index (χ2v) is 3.73. The van der Waals surface area contributed by atoms with E-state index in [1.807, 2.05) is 24.3 Å². The highest BCUT2D eigenvalue weighted by Crippen LogP contribution is 2.25. The van der Waals surface area contributed by atoms with Gasteiger partial charge in [0.25, 0.3) is 0 Å². The van der Waals surface area contributed by atoms with Crippen LogP contribution in [-0.2, 0) is 0 Å². The molecule has 0 radical (unpaired) electrons. The highest BCUT2D eigenvalue weighted by Gasteiger charge is 2.19. The Balaban J connectivity index is 1.75. The SMILES string of the molecule is COc1ccccc1OCCNC1CC1. The topological polar surface area (TPSA) is 30.5 Å². The molecule has 3 heteroatoms. The molecule has 1 aliphatic rings. The molecular formula is C12H17NO2. The second kappa shape index (κ2) is 5.03. The van der Waals surface area contributed by atoms with Gasteiger partial charge in [-0.1, -0.05) is 12.1 Å². The van der Waals surface area contributed by atoms with Crippen molar-refractivity contribution < 1.29 is 9.47 Å². The largest absolute Gasteiger partial charge is 0.493 e. The van der Waals surface area contributed by atoms with E-state index in [9.17, 15) is 0 Å². The first-order chi connectivity index (χ1) is 7.40. The molecule has 1 saturated carbocycles. The highest BCUT2D eigenvalue weighted by atomic mass is 16.5. The maximum Gasteiger partial charge on any atom is 0.161 e. The average Bonchev–Trinajstić information content (AvgIpc) is 3.09. The van der Waals surface area contributed by atoms with Gasteiger partial charge in [-0.05, 0) is 25.0 Å². The quantitative estimate of drug-likeness (QED) is 0.722. The summed E-state index contributed by atoms with van der Waals surface area (Å²) in [5, 5.41) is 3.40. The van der Waals surface area contributed by atoms with Crippen molar-refractivity contribution in [2.75, 3.05) is 20.3 Å². The number of hydrogen-bond acceptors (Lipinski definition) is 3. The van der Waals surface area contributed by atoms with Crippen LogP contribution in [0.25, 0.3) is 0 Å². The van der Waals surface area contributed by atoms with Crippen molar-refractivity contribution in [2.45, 2.75) is 18.9 Å². The van der Waals surface area contributed by atoms with Gasteiger partial charge in [0, 0.05) is 12.6 Å². The molecule has 0 saturated heterocycles. The molecule has 3 nitrogen and oxygen atoms in total. The van der Waals surface area contributed by atoms with E-state index < -0.39 is 0 Å². The van der Waals surface area contributed by atoms with E-state index in [0.29, 0.717) is 6.61 Å². The molecule has 0 aromatic heterocycles. The fraction of sp³-hybridized carbons (Fsp3) is 0.500. The van der Waals surface area contributed by atoms with Crippen LogP contribution in [0, 0.1) is 0 Å². The van der Waals surface area contributed by atoms with Gasteiger partial charge in [-0.15, -0.1) is 0 Å². The Bertz CT molecular complexity index is 310. The Kier molecular flexibility index (Phi) is 3.45. The van der Waals surface area contributed by atoms with Crippen LogP contribution in [0.5, 0.6) is 11.5 Å². The van der Waals surface area contributed by atoms with Gasteiger partial charge in [-0.2, -0.15) is 0 Å². The summed E-state index contributed by atoms with van der Waals surface area (Å²) in [5.41, 5.74) is 0. The number of para-hydroxylation sites is 2. The maximum absolute atomic E-state index is 5.62. The Labute approximate surface area is 90.4 Å². The number of methoxy groups -OCH3 is 1. The molecule has 0 amide bonds. The van der Waals surface area contributed by atoms with Crippen LogP contribution in [0.1, 0.15) is 12.8 Å². The first-order valence-corrected chi connectivity index (χ1v) is 5.39. The lowest BCUT2D eigenvalue weighted by atomic mass is 10.3. The monoisotopic (exact) mass is 207 g/mol. The minimum absolute atomic E-state index is 0.691. The minimum Gasteiger partial charge on any atom is -0.493 e. The number of nitrogens with one attached hydrogen (secondary N) is 1. The van der Waals surface area contributed by atoms with E-state index in [1.165, 1.54) is 12.8 Å². The third kappa shape index (κ3) is 3.13. The van der Waals surface area contributed by atoms with Crippen molar-refractivity contribution in [1.82, 2.24) is 5.32 Å². The van der Waals surface area contributed by atoms with Gasteiger partial charge in [-0.25, -0.2) is 0 Å². The van der Waals surface area contributed by atoms with E-state index in [4.69, 9.17) is 9.47 Å². The number of hydrogen-bond donors (Lipinski definition) is 1. The summed E-state index contributed by atoms with van der Waals surface area (Å²) in [6, 6.07) is 8.46. The summed E-state index contributed by atoms with van der Waals surface area (Å²) >= 11 is 0. The van der Waals surface area contributed by atoms with Crippen molar-refractivity contribution in [3.8, 4) is 11.5 Å². The Morgan fingerprint density at radius 3 is 2.67 bits per heavy atom. The van der Waals surface area contributed by atoms with Gasteiger partial charge >= 0.3 is 0 Å². The average molecular weight is 207 g/mol. The molecule has 0 atom stereocenters. The fourth-order valence-corrected chi connectivity index (χ4v) is 1.45. The first-order valence-electron chi connectivity index (χ1n) is 5.39. The molecule has 1 aromatic rings. The smallest absolute Gasteiger partial charge is 0.161 e. The van der Waals surface area contributed by atoms with Crippen LogP contribution < -0.4 is 14.8 Å². The first kappa shape index (κ1) is 10.3. The molecule has 15 heavy (non-hydrogen) atoms. The molecule has 0 heterocycles. The van der Waals surface area contributed by atoms with Crippen molar-refractivity contribution in [3.05, 3.63) is 24.3 Å². The van der Waals surface area contributed by atoms with E-state index in [-0.39, 0.29) is 0 Å². The van der Waals surface area contributed by atoms with Gasteiger partial charge < -0.3 is 14.8 Å². The molecule has 2 rings (SSSR count). The molecule has 1 aromatic carbocycles. The lowest BCUT2D eigenvalue weighted by Gasteiger charge is -2.10. The van der Waals surface area contributed by atoms with Crippen molar-refractivity contribution >= 4 is 0 Å². The Morgan fingerprint density at radius 1 is 1.27 bits per heavy atom. The zero-order chi connectivity index (χ0) is 10.5. The standard InChI is InChI=1S/C12H17NO2/c1-14-11-4-2-3-5-12(11)15-9-8-13-10-6-7-10/h2-5,10,13H,6-9H2,1H3. The summed E-state index contributed by atoms with van der Waals surface area (Å²) in [7, 11) is 1.66. The summed E-state index contributed by atoms with van der Waals surface area (Å²) in [4.78, 5) is 0. The molecule has 0 bridgehead atoms. The van der Waals surface area contributed by atoms with Gasteiger partial charge in [0.1, 0.15) is 6.61 Å². The molecule has 1 N–H and O–H groups in total. The lowest BCUT2D eigenvalue weighted by molar-refractivity contribution is 0.292. The van der Waals surface area contributed by atoms with E-state index >= 15 is 0 Å². The molecule has 1 aliphatic carbocycles. The summed E-state index contributed by atoms with van der Waals surface area (Å²) in [5.74, 6) is 1.61. The molecule has 0 aliphatic heterocycles. The predicted molar refractivity (Wildman–Crippen MR) is 59.5 cm³/mol.